The first-order valence-electron chi connectivity index (χ1n) is 7.48. The Labute approximate surface area is 143 Å². The Bertz CT molecular complexity index is 1170. The molecule has 0 bridgehead atoms. The number of sulfone groups is 1. The Morgan fingerprint density at radius 3 is 2.68 bits per heavy atom. The van der Waals surface area contributed by atoms with Crippen LogP contribution in [-0.2, 0) is 9.84 Å². The van der Waals surface area contributed by atoms with Gasteiger partial charge in [-0.05, 0) is 48.9 Å². The van der Waals surface area contributed by atoms with Crippen molar-refractivity contribution in [1.82, 2.24) is 4.98 Å². The minimum absolute atomic E-state index is 0.169. The summed E-state index contributed by atoms with van der Waals surface area (Å²) < 4.78 is 38.8. The lowest BCUT2D eigenvalue weighted by Crippen LogP contribution is -2.00. The maximum absolute atomic E-state index is 14.0. The van der Waals surface area contributed by atoms with Crippen LogP contribution in [0.4, 0.5) is 15.8 Å². The molecular weight excluding hydrogens is 343 g/mol. The average molecular weight is 356 g/mol. The molecule has 1 aliphatic rings. The van der Waals surface area contributed by atoms with Crippen molar-refractivity contribution in [1.29, 1.82) is 0 Å². The van der Waals surface area contributed by atoms with E-state index in [9.17, 15) is 17.9 Å². The van der Waals surface area contributed by atoms with Crippen LogP contribution in [0, 0.1) is 5.82 Å². The number of hydrogen-bond acceptors (Lipinski definition) is 5. The summed E-state index contributed by atoms with van der Waals surface area (Å²) in [6.07, 6.45) is 3.18. The van der Waals surface area contributed by atoms with Crippen LogP contribution in [-0.4, -0.2) is 18.5 Å². The number of phenols is 1. The third-order valence-electron chi connectivity index (χ3n) is 4.17. The van der Waals surface area contributed by atoms with Gasteiger partial charge in [-0.2, -0.15) is 0 Å². The number of rotatable bonds is 2. The van der Waals surface area contributed by atoms with E-state index in [-0.39, 0.29) is 21.2 Å². The lowest BCUT2D eigenvalue weighted by Gasteiger charge is -2.12. The number of aromatic nitrogens is 1. The van der Waals surface area contributed by atoms with Gasteiger partial charge in [0.1, 0.15) is 11.6 Å². The second-order valence-electron chi connectivity index (χ2n) is 5.81. The number of nitrogens with one attached hydrogen (secondary N) is 1. The molecule has 2 heterocycles. The summed E-state index contributed by atoms with van der Waals surface area (Å²) in [5.74, 6) is -0.788. The van der Waals surface area contributed by atoms with Crippen LogP contribution in [0.15, 0.2) is 52.4 Å². The van der Waals surface area contributed by atoms with E-state index in [2.05, 4.69) is 10.3 Å². The SMILES string of the molecule is CC1=Cc2cc3nccc(Nc4ccc(O)cc4F)c3cc2S1(=O)=O. The zero-order valence-electron chi connectivity index (χ0n) is 13.1. The fraction of sp³-hybridized carbons (Fsp3) is 0.0556. The number of fused-ring (bicyclic) bond motifs is 2. The summed E-state index contributed by atoms with van der Waals surface area (Å²) in [6.45, 7) is 1.55. The van der Waals surface area contributed by atoms with Crippen molar-refractivity contribution in [2.24, 2.45) is 0 Å². The Balaban J connectivity index is 1.88. The molecule has 0 unspecified atom stereocenters. The molecule has 25 heavy (non-hydrogen) atoms. The van der Waals surface area contributed by atoms with Gasteiger partial charge < -0.3 is 10.4 Å². The minimum atomic E-state index is -3.48. The predicted octanol–water partition coefficient (Wildman–Crippen LogP) is 3.97. The highest BCUT2D eigenvalue weighted by molar-refractivity contribution is 7.95. The molecule has 1 aliphatic heterocycles. The zero-order chi connectivity index (χ0) is 17.8. The first-order chi connectivity index (χ1) is 11.9. The van der Waals surface area contributed by atoms with Gasteiger partial charge in [-0.15, -0.1) is 0 Å². The lowest BCUT2D eigenvalue weighted by molar-refractivity contribution is 0.469. The largest absolute Gasteiger partial charge is 0.508 e. The summed E-state index contributed by atoms with van der Waals surface area (Å²) in [5.41, 5.74) is 1.90. The topological polar surface area (TPSA) is 79.3 Å². The fourth-order valence-electron chi connectivity index (χ4n) is 2.86. The predicted molar refractivity (Wildman–Crippen MR) is 93.9 cm³/mol. The molecule has 0 atom stereocenters. The summed E-state index contributed by atoms with van der Waals surface area (Å²) in [5, 5.41) is 12.8. The van der Waals surface area contributed by atoms with Crippen molar-refractivity contribution in [3.63, 3.8) is 0 Å². The molecule has 126 valence electrons. The molecule has 2 aromatic carbocycles. The molecular formula is C18H13FN2O3S. The molecule has 0 saturated carbocycles. The maximum atomic E-state index is 14.0. The number of halogens is 1. The van der Waals surface area contributed by atoms with Crippen molar-refractivity contribution in [2.75, 3.05) is 5.32 Å². The van der Waals surface area contributed by atoms with Gasteiger partial charge >= 0.3 is 0 Å². The van der Waals surface area contributed by atoms with Gasteiger partial charge in [0.25, 0.3) is 0 Å². The first-order valence-corrected chi connectivity index (χ1v) is 8.96. The normalized spacial score (nSPS) is 15.0. The van der Waals surface area contributed by atoms with E-state index in [1.165, 1.54) is 12.1 Å². The molecule has 0 saturated heterocycles. The van der Waals surface area contributed by atoms with Crippen LogP contribution < -0.4 is 5.32 Å². The standard InChI is InChI=1S/C18H13FN2O3S/c1-10-6-11-7-17-13(9-18(11)25(10,23)24)15(4-5-20-17)21-16-3-2-12(22)8-14(16)19/h2-9,22H,1H3,(H,20,21). The molecule has 7 heteroatoms. The Morgan fingerprint density at radius 1 is 1.12 bits per heavy atom. The number of phenolic OH excluding ortho intramolecular Hbond substituents is 1. The number of anilines is 2. The monoisotopic (exact) mass is 356 g/mol. The second kappa shape index (κ2) is 5.29. The van der Waals surface area contributed by atoms with Gasteiger partial charge in [-0.3, -0.25) is 4.98 Å². The summed E-state index contributed by atoms with van der Waals surface area (Å²) in [6, 6.07) is 8.68. The highest BCUT2D eigenvalue weighted by Gasteiger charge is 2.27. The van der Waals surface area contributed by atoms with Crippen molar-refractivity contribution in [3.05, 3.63) is 58.9 Å². The summed E-state index contributed by atoms with van der Waals surface area (Å²) >= 11 is 0. The van der Waals surface area contributed by atoms with Gasteiger partial charge in [0.2, 0.25) is 9.84 Å². The Morgan fingerprint density at radius 2 is 1.92 bits per heavy atom. The van der Waals surface area contributed by atoms with Crippen LogP contribution in [0.25, 0.3) is 17.0 Å². The van der Waals surface area contributed by atoms with Gasteiger partial charge in [0.05, 0.1) is 16.1 Å². The molecule has 0 amide bonds. The molecule has 0 aliphatic carbocycles. The first kappa shape index (κ1) is 15.6. The summed E-state index contributed by atoms with van der Waals surface area (Å²) in [4.78, 5) is 4.78. The van der Waals surface area contributed by atoms with E-state index < -0.39 is 15.7 Å². The third kappa shape index (κ3) is 2.44. The molecule has 3 aromatic rings. The van der Waals surface area contributed by atoms with Gasteiger partial charge in [0.15, 0.2) is 0 Å². The second-order valence-corrected chi connectivity index (χ2v) is 7.90. The highest BCUT2D eigenvalue weighted by Crippen LogP contribution is 2.37. The average Bonchev–Trinajstić information content (AvgIpc) is 2.78. The van der Waals surface area contributed by atoms with E-state index in [0.29, 0.717) is 22.2 Å². The molecule has 5 nitrogen and oxygen atoms in total. The molecule has 2 N–H and O–H groups in total. The van der Waals surface area contributed by atoms with Crippen molar-refractivity contribution < 1.29 is 17.9 Å². The molecule has 0 fully saturated rings. The fourth-order valence-corrected chi connectivity index (χ4v) is 4.19. The number of pyridine rings is 1. The number of benzene rings is 2. The van der Waals surface area contributed by atoms with Crippen molar-refractivity contribution in [2.45, 2.75) is 11.8 Å². The molecule has 0 radical (unpaired) electrons. The number of nitrogens with zero attached hydrogens (tertiary/aromatic N) is 1. The maximum Gasteiger partial charge on any atom is 0.203 e. The Kier molecular flexibility index (Phi) is 3.30. The molecule has 1 aromatic heterocycles. The van der Waals surface area contributed by atoms with E-state index in [1.807, 2.05) is 0 Å². The lowest BCUT2D eigenvalue weighted by atomic mass is 10.1. The third-order valence-corrected chi connectivity index (χ3v) is 6.07. The summed E-state index contributed by atoms with van der Waals surface area (Å²) in [7, 11) is -3.48. The van der Waals surface area contributed by atoms with E-state index in [1.54, 1.807) is 37.4 Å². The van der Waals surface area contributed by atoms with Crippen LogP contribution >= 0.6 is 0 Å². The molecule has 0 spiro atoms. The minimum Gasteiger partial charge on any atom is -0.508 e. The zero-order valence-corrected chi connectivity index (χ0v) is 13.9. The van der Waals surface area contributed by atoms with Crippen LogP contribution in [0.1, 0.15) is 12.5 Å². The van der Waals surface area contributed by atoms with Gasteiger partial charge in [-0.1, -0.05) is 0 Å². The van der Waals surface area contributed by atoms with E-state index in [4.69, 9.17) is 0 Å². The highest BCUT2D eigenvalue weighted by atomic mass is 32.2. The smallest absolute Gasteiger partial charge is 0.203 e. The van der Waals surface area contributed by atoms with Crippen LogP contribution in [0.5, 0.6) is 5.75 Å². The van der Waals surface area contributed by atoms with Gasteiger partial charge in [-0.25, -0.2) is 12.8 Å². The number of aromatic hydroxyl groups is 1. The van der Waals surface area contributed by atoms with Crippen molar-refractivity contribution >= 4 is 38.2 Å². The van der Waals surface area contributed by atoms with Gasteiger partial charge in [0, 0.05) is 28.2 Å². The van der Waals surface area contributed by atoms with E-state index >= 15 is 0 Å². The number of hydrogen-bond donors (Lipinski definition) is 2. The van der Waals surface area contributed by atoms with Crippen molar-refractivity contribution in [3.8, 4) is 5.75 Å². The molecule has 4 rings (SSSR count). The quantitative estimate of drug-likeness (QED) is 0.679. The Hall–Kier alpha value is -2.93. The number of allylic oxidation sites excluding steroid dienone is 1. The van der Waals surface area contributed by atoms with E-state index in [0.717, 1.165) is 6.07 Å². The van der Waals surface area contributed by atoms with Crippen LogP contribution in [0.2, 0.25) is 0 Å². The van der Waals surface area contributed by atoms with Crippen LogP contribution in [0.3, 0.4) is 0 Å².